The number of hydrogen-bond donors (Lipinski definition) is 3. The van der Waals surface area contributed by atoms with Crippen LogP contribution >= 0.6 is 11.6 Å². The maximum Gasteiger partial charge on any atom is 0.319 e. The molecule has 10 heteroatoms. The Bertz CT molecular complexity index is 1190. The summed E-state index contributed by atoms with van der Waals surface area (Å²) in [6, 6.07) is 8.55. The number of anilines is 1. The zero-order valence-corrected chi connectivity index (χ0v) is 19.9. The highest BCUT2D eigenvalue weighted by Crippen LogP contribution is 2.35. The van der Waals surface area contributed by atoms with Crippen LogP contribution in [0.25, 0.3) is 11.0 Å². The number of carbonyl (C=O) groups excluding carboxylic acids is 2. The predicted molar refractivity (Wildman–Crippen MR) is 131 cm³/mol. The summed E-state index contributed by atoms with van der Waals surface area (Å²) < 4.78 is 12.4. The number of hydrogen-bond acceptors (Lipinski definition) is 5. The molecular formula is C24H28ClN5O4. The van der Waals surface area contributed by atoms with Crippen molar-refractivity contribution in [3.8, 4) is 11.5 Å². The Morgan fingerprint density at radius 1 is 1.12 bits per heavy atom. The number of nitrogens with one attached hydrogen (secondary N) is 3. The molecule has 2 aromatic carbocycles. The van der Waals surface area contributed by atoms with E-state index in [2.05, 4.69) is 20.9 Å². The van der Waals surface area contributed by atoms with Gasteiger partial charge in [0.2, 0.25) is 0 Å². The van der Waals surface area contributed by atoms with Crippen LogP contribution in [0, 0.1) is 0 Å². The van der Waals surface area contributed by atoms with Crippen LogP contribution in [0.5, 0.6) is 11.5 Å². The van der Waals surface area contributed by atoms with Gasteiger partial charge in [-0.1, -0.05) is 24.4 Å². The van der Waals surface area contributed by atoms with E-state index >= 15 is 0 Å². The summed E-state index contributed by atoms with van der Waals surface area (Å²) in [5.74, 6) is 0.830. The van der Waals surface area contributed by atoms with E-state index in [0.717, 1.165) is 23.9 Å². The maximum absolute atomic E-state index is 12.5. The molecule has 0 atom stereocenters. The van der Waals surface area contributed by atoms with Gasteiger partial charge in [0, 0.05) is 30.8 Å². The second kappa shape index (κ2) is 10.6. The summed E-state index contributed by atoms with van der Waals surface area (Å²) in [6.45, 7) is 0.880. The van der Waals surface area contributed by atoms with Gasteiger partial charge >= 0.3 is 6.03 Å². The number of aromatic nitrogens is 2. The topological polar surface area (TPSA) is 107 Å². The van der Waals surface area contributed by atoms with Gasteiger partial charge < -0.3 is 30.0 Å². The van der Waals surface area contributed by atoms with E-state index in [-0.39, 0.29) is 11.9 Å². The Morgan fingerprint density at radius 2 is 1.88 bits per heavy atom. The van der Waals surface area contributed by atoms with Gasteiger partial charge in [-0.05, 0) is 37.1 Å². The van der Waals surface area contributed by atoms with E-state index < -0.39 is 6.03 Å². The third kappa shape index (κ3) is 5.36. The van der Waals surface area contributed by atoms with Crippen molar-refractivity contribution >= 4 is 40.3 Å². The Labute approximate surface area is 202 Å². The average Bonchev–Trinajstić information content (AvgIpc) is 3.49. The average molecular weight is 486 g/mol. The van der Waals surface area contributed by atoms with E-state index in [9.17, 15) is 9.59 Å². The molecule has 1 heterocycles. The lowest BCUT2D eigenvalue weighted by Gasteiger charge is -2.14. The Morgan fingerprint density at radius 3 is 2.62 bits per heavy atom. The molecule has 0 radical (unpaired) electrons. The molecule has 34 heavy (non-hydrogen) atoms. The van der Waals surface area contributed by atoms with Gasteiger partial charge in [0.15, 0.2) is 0 Å². The normalized spacial score (nSPS) is 13.6. The van der Waals surface area contributed by atoms with Crippen LogP contribution in [0.15, 0.2) is 36.7 Å². The number of imidazole rings is 1. The molecule has 1 aromatic heterocycles. The monoisotopic (exact) mass is 485 g/mol. The van der Waals surface area contributed by atoms with E-state index in [0.29, 0.717) is 40.9 Å². The number of ether oxygens (including phenoxy) is 2. The van der Waals surface area contributed by atoms with Crippen molar-refractivity contribution in [3.63, 3.8) is 0 Å². The number of methoxy groups -OCH3 is 2. The summed E-state index contributed by atoms with van der Waals surface area (Å²) in [4.78, 5) is 29.3. The number of urea groups is 1. The summed E-state index contributed by atoms with van der Waals surface area (Å²) in [6.07, 6.45) is 6.13. The standard InChI is InChI=1S/C24H28ClN5O4/c1-33-21-13-22(34-2)19(12-17(21)25)29-24(32)26-9-10-30-14-27-18-11-15(7-8-20(18)30)23(31)28-16-5-3-4-6-16/h7-8,11-14,16H,3-6,9-10H2,1-2H3,(H,28,31)(H2,26,29,32). The van der Waals surface area contributed by atoms with Crippen molar-refractivity contribution in [2.75, 3.05) is 26.1 Å². The summed E-state index contributed by atoms with van der Waals surface area (Å²) in [5.41, 5.74) is 2.67. The summed E-state index contributed by atoms with van der Waals surface area (Å²) >= 11 is 6.15. The molecule has 3 amide bonds. The van der Waals surface area contributed by atoms with Gasteiger partial charge in [-0.15, -0.1) is 0 Å². The van der Waals surface area contributed by atoms with Gasteiger partial charge in [-0.25, -0.2) is 9.78 Å². The summed E-state index contributed by atoms with van der Waals surface area (Å²) in [5, 5.41) is 9.01. The molecule has 9 nitrogen and oxygen atoms in total. The molecule has 180 valence electrons. The molecule has 0 saturated heterocycles. The summed E-state index contributed by atoms with van der Waals surface area (Å²) in [7, 11) is 3.01. The van der Waals surface area contributed by atoms with E-state index in [1.54, 1.807) is 24.5 Å². The molecule has 4 rings (SSSR count). The molecule has 0 unspecified atom stereocenters. The van der Waals surface area contributed by atoms with Crippen molar-refractivity contribution in [3.05, 3.63) is 47.2 Å². The Hall–Kier alpha value is -3.46. The first-order valence-corrected chi connectivity index (χ1v) is 11.6. The molecule has 0 bridgehead atoms. The van der Waals surface area contributed by atoms with E-state index in [1.165, 1.54) is 27.1 Å². The minimum absolute atomic E-state index is 0.0595. The van der Waals surface area contributed by atoms with Crippen LogP contribution in [-0.4, -0.2) is 48.3 Å². The first-order valence-electron chi connectivity index (χ1n) is 11.2. The zero-order valence-electron chi connectivity index (χ0n) is 19.2. The molecule has 0 aliphatic heterocycles. The molecule has 1 aliphatic carbocycles. The van der Waals surface area contributed by atoms with Crippen molar-refractivity contribution in [1.82, 2.24) is 20.2 Å². The largest absolute Gasteiger partial charge is 0.495 e. The number of amides is 3. The Kier molecular flexibility index (Phi) is 7.42. The number of carbonyl (C=O) groups is 2. The quantitative estimate of drug-likeness (QED) is 0.443. The van der Waals surface area contributed by atoms with Crippen molar-refractivity contribution in [2.24, 2.45) is 0 Å². The second-order valence-corrected chi connectivity index (χ2v) is 8.57. The first kappa shape index (κ1) is 23.7. The minimum Gasteiger partial charge on any atom is -0.495 e. The van der Waals surface area contributed by atoms with Crippen LogP contribution in [0.3, 0.4) is 0 Å². The lowest BCUT2D eigenvalue weighted by molar-refractivity contribution is 0.0938. The minimum atomic E-state index is -0.394. The second-order valence-electron chi connectivity index (χ2n) is 8.16. The smallest absolute Gasteiger partial charge is 0.319 e. The molecule has 3 N–H and O–H groups in total. The third-order valence-electron chi connectivity index (χ3n) is 5.93. The van der Waals surface area contributed by atoms with Crippen LogP contribution in [0.4, 0.5) is 10.5 Å². The number of rotatable bonds is 8. The lowest BCUT2D eigenvalue weighted by Crippen LogP contribution is -2.32. The van der Waals surface area contributed by atoms with Gasteiger partial charge in [0.1, 0.15) is 11.5 Å². The van der Waals surface area contributed by atoms with Gasteiger partial charge in [-0.2, -0.15) is 0 Å². The van der Waals surface area contributed by atoms with E-state index in [1.807, 2.05) is 16.7 Å². The number of nitrogens with zero attached hydrogens (tertiary/aromatic N) is 2. The first-order chi connectivity index (χ1) is 16.5. The van der Waals surface area contributed by atoms with Gasteiger partial charge in [0.25, 0.3) is 5.91 Å². The molecule has 1 saturated carbocycles. The van der Waals surface area contributed by atoms with Crippen molar-refractivity contribution < 1.29 is 19.1 Å². The number of fused-ring (bicyclic) bond motifs is 1. The highest BCUT2D eigenvalue weighted by molar-refractivity contribution is 6.32. The van der Waals surface area contributed by atoms with Crippen LogP contribution in [0.2, 0.25) is 5.02 Å². The fourth-order valence-corrected chi connectivity index (χ4v) is 4.38. The molecule has 3 aromatic rings. The van der Waals surface area contributed by atoms with Gasteiger partial charge in [-0.3, -0.25) is 4.79 Å². The van der Waals surface area contributed by atoms with Crippen molar-refractivity contribution in [2.45, 2.75) is 38.3 Å². The third-order valence-corrected chi connectivity index (χ3v) is 6.23. The molecule has 0 spiro atoms. The van der Waals surface area contributed by atoms with Crippen LogP contribution in [0.1, 0.15) is 36.0 Å². The van der Waals surface area contributed by atoms with Crippen molar-refractivity contribution in [1.29, 1.82) is 0 Å². The molecule has 1 aliphatic rings. The van der Waals surface area contributed by atoms with Crippen LogP contribution in [-0.2, 0) is 6.54 Å². The molecule has 1 fully saturated rings. The highest BCUT2D eigenvalue weighted by atomic mass is 35.5. The number of benzene rings is 2. The fraction of sp³-hybridized carbons (Fsp3) is 0.375. The predicted octanol–water partition coefficient (Wildman–Crippen LogP) is 4.20. The highest BCUT2D eigenvalue weighted by Gasteiger charge is 2.18. The zero-order chi connectivity index (χ0) is 24.1. The maximum atomic E-state index is 12.5. The van der Waals surface area contributed by atoms with Crippen LogP contribution < -0.4 is 25.4 Å². The lowest BCUT2D eigenvalue weighted by atomic mass is 10.1. The Balaban J connectivity index is 1.33. The number of halogens is 1. The SMILES string of the molecule is COc1cc(OC)c(NC(=O)NCCn2cnc3cc(C(=O)NC4CCCC4)ccc32)cc1Cl. The molecular weight excluding hydrogens is 458 g/mol. The van der Waals surface area contributed by atoms with E-state index in [4.69, 9.17) is 21.1 Å². The fourth-order valence-electron chi connectivity index (χ4n) is 4.14. The van der Waals surface area contributed by atoms with Gasteiger partial charge in [0.05, 0.1) is 42.3 Å².